The number of hydrogen-bond donors (Lipinski definition) is 2. The Morgan fingerprint density at radius 1 is 0.582 bits per heavy atom. The van der Waals surface area contributed by atoms with E-state index < -0.39 is 12.1 Å². The summed E-state index contributed by atoms with van der Waals surface area (Å²) >= 11 is 0. The van der Waals surface area contributed by atoms with E-state index in [1.54, 1.807) is 0 Å². The van der Waals surface area contributed by atoms with Crippen molar-refractivity contribution in [1.82, 2.24) is 10.6 Å². The molecule has 0 saturated heterocycles. The van der Waals surface area contributed by atoms with Crippen LogP contribution in [-0.2, 0) is 38.1 Å². The quantitative estimate of drug-likeness (QED) is 0.104. The molecule has 10 nitrogen and oxygen atoms in total. The number of carbonyl (C=O) groups excluding carboxylic acids is 4. The molecule has 55 heavy (non-hydrogen) atoms. The molecule has 0 amide bonds. The van der Waals surface area contributed by atoms with Crippen molar-refractivity contribution in [3.05, 3.63) is 0 Å². The van der Waals surface area contributed by atoms with Crippen LogP contribution in [0.4, 0.5) is 0 Å². The van der Waals surface area contributed by atoms with Gasteiger partial charge in [-0.2, -0.15) is 0 Å². The highest BCUT2D eigenvalue weighted by molar-refractivity contribution is 5.83. The molecule has 6 aliphatic carbocycles. The van der Waals surface area contributed by atoms with E-state index in [1.807, 2.05) is 0 Å². The molecule has 6 aliphatic rings. The molecular formula is C45H74N2O8. The zero-order valence-electron chi connectivity index (χ0n) is 34.4. The molecule has 0 radical (unpaired) electrons. The van der Waals surface area contributed by atoms with Crippen molar-refractivity contribution < 1.29 is 38.1 Å². The third-order valence-corrected chi connectivity index (χ3v) is 14.8. The molecule has 5 atom stereocenters. The lowest BCUT2D eigenvalue weighted by atomic mass is 9.74. The van der Waals surface area contributed by atoms with Gasteiger partial charge in [0.15, 0.2) is 0 Å². The number of rotatable bonds is 18. The molecule has 2 N–H and O–H groups in total. The second-order valence-corrected chi connectivity index (χ2v) is 19.5. The summed E-state index contributed by atoms with van der Waals surface area (Å²) in [6.07, 6.45) is 24.7. The second-order valence-electron chi connectivity index (χ2n) is 19.5. The summed E-state index contributed by atoms with van der Waals surface area (Å²) in [4.78, 5) is 53.0. The lowest BCUT2D eigenvalue weighted by Crippen LogP contribution is -2.47. The van der Waals surface area contributed by atoms with Gasteiger partial charge >= 0.3 is 23.9 Å². The smallest absolute Gasteiger partial charge is 0.324 e. The highest BCUT2D eigenvalue weighted by Crippen LogP contribution is 2.55. The van der Waals surface area contributed by atoms with E-state index in [0.717, 1.165) is 102 Å². The van der Waals surface area contributed by atoms with Crippen LogP contribution >= 0.6 is 0 Å². The minimum Gasteiger partial charge on any atom is -0.465 e. The molecule has 10 heteroatoms. The van der Waals surface area contributed by atoms with Gasteiger partial charge in [0.25, 0.3) is 0 Å². The van der Waals surface area contributed by atoms with Gasteiger partial charge in [0.1, 0.15) is 24.3 Å². The van der Waals surface area contributed by atoms with Gasteiger partial charge < -0.3 is 29.6 Å². The van der Waals surface area contributed by atoms with Crippen molar-refractivity contribution in [2.45, 2.75) is 199 Å². The number of esters is 4. The molecule has 312 valence electrons. The van der Waals surface area contributed by atoms with Crippen LogP contribution < -0.4 is 10.6 Å². The molecule has 6 fully saturated rings. The van der Waals surface area contributed by atoms with Crippen LogP contribution in [0.5, 0.6) is 0 Å². The van der Waals surface area contributed by atoms with E-state index in [0.29, 0.717) is 25.7 Å². The Bertz CT molecular complexity index is 1250. The normalized spacial score (nSPS) is 30.9. The first-order chi connectivity index (χ1) is 26.6. The van der Waals surface area contributed by atoms with Crippen LogP contribution in [-0.4, -0.2) is 74.5 Å². The first kappa shape index (κ1) is 42.4. The highest BCUT2D eigenvalue weighted by Gasteiger charge is 2.48. The topological polar surface area (TPSA) is 129 Å². The van der Waals surface area contributed by atoms with Crippen molar-refractivity contribution in [3.63, 3.8) is 0 Å². The van der Waals surface area contributed by atoms with Crippen molar-refractivity contribution in [2.24, 2.45) is 34.5 Å². The monoisotopic (exact) mass is 771 g/mol. The zero-order valence-corrected chi connectivity index (χ0v) is 34.4. The maximum Gasteiger partial charge on any atom is 0.324 e. The van der Waals surface area contributed by atoms with Crippen LogP contribution in [0.25, 0.3) is 0 Å². The predicted molar refractivity (Wildman–Crippen MR) is 211 cm³/mol. The van der Waals surface area contributed by atoms with Gasteiger partial charge in [-0.1, -0.05) is 52.4 Å². The average molecular weight is 771 g/mol. The van der Waals surface area contributed by atoms with Crippen LogP contribution in [0.1, 0.15) is 174 Å². The largest absolute Gasteiger partial charge is 0.465 e. The Hall–Kier alpha value is -2.20. The molecule has 0 heterocycles. The van der Waals surface area contributed by atoms with Crippen LogP contribution in [0.3, 0.4) is 0 Å². The molecule has 0 aliphatic heterocycles. The van der Waals surface area contributed by atoms with Crippen molar-refractivity contribution in [1.29, 1.82) is 0 Å². The molecule has 0 aromatic rings. The SMILES string of the molecule is CC1(CNC(CC(=O)OC2CCCCC2)C(=O)OCC2CCC(COC(=O)CC(NCC3(C)CC4CCC3C4)C(=O)OC3CCCCC3)CC2)CCCCC1. The molecule has 0 spiro atoms. The number of fused-ring (bicyclic) bond motifs is 2. The van der Waals surface area contributed by atoms with Crippen LogP contribution in [0.15, 0.2) is 0 Å². The number of hydrogen-bond acceptors (Lipinski definition) is 10. The molecule has 6 rings (SSSR count). The molecule has 6 saturated carbocycles. The number of nitrogens with one attached hydrogen (secondary N) is 2. The third kappa shape index (κ3) is 12.9. The molecule has 0 aromatic carbocycles. The van der Waals surface area contributed by atoms with Gasteiger partial charge in [0.05, 0.1) is 26.1 Å². The number of carbonyl (C=O) groups is 4. The summed E-state index contributed by atoms with van der Waals surface area (Å²) in [5, 5.41) is 6.92. The van der Waals surface area contributed by atoms with Crippen molar-refractivity contribution in [3.8, 4) is 0 Å². The standard InChI is InChI=1S/C45H74N2O8/c1-44(22-10-5-11-23-44)30-46-38(26-41(49)54-36-12-6-3-7-13-36)42(50)53-29-33-18-16-32(17-19-33)28-52-40(48)25-39(43(51)55-37-14-8-4-9-15-37)47-31-45(2)27-34-20-21-35(45)24-34/h32-39,46-47H,3-31H2,1-2H3. The van der Waals surface area contributed by atoms with Crippen molar-refractivity contribution >= 4 is 23.9 Å². The molecule has 0 aromatic heterocycles. The van der Waals surface area contributed by atoms with Crippen LogP contribution in [0, 0.1) is 34.5 Å². The Balaban J connectivity index is 0.926. The Morgan fingerprint density at radius 2 is 1.13 bits per heavy atom. The summed E-state index contributed by atoms with van der Waals surface area (Å²) in [5.74, 6) is 0.614. The fourth-order valence-electron chi connectivity index (χ4n) is 11.0. The van der Waals surface area contributed by atoms with E-state index in [4.69, 9.17) is 18.9 Å². The maximum atomic E-state index is 13.5. The van der Waals surface area contributed by atoms with Gasteiger partial charge in [-0.15, -0.1) is 0 Å². The summed E-state index contributed by atoms with van der Waals surface area (Å²) in [6.45, 7) is 6.69. The summed E-state index contributed by atoms with van der Waals surface area (Å²) in [7, 11) is 0. The van der Waals surface area contributed by atoms with Gasteiger partial charge in [-0.25, -0.2) is 0 Å². The minimum absolute atomic E-state index is 0.00149. The third-order valence-electron chi connectivity index (χ3n) is 14.8. The van der Waals surface area contributed by atoms with E-state index in [1.165, 1.54) is 57.8 Å². The van der Waals surface area contributed by atoms with E-state index in [-0.39, 0.29) is 71.6 Å². The Morgan fingerprint density at radius 3 is 1.73 bits per heavy atom. The maximum absolute atomic E-state index is 13.5. The van der Waals surface area contributed by atoms with Gasteiger partial charge in [-0.3, -0.25) is 19.2 Å². The molecular weight excluding hydrogens is 697 g/mol. The Labute approximate surface area is 331 Å². The summed E-state index contributed by atoms with van der Waals surface area (Å²) in [5.41, 5.74) is 0.281. The van der Waals surface area contributed by atoms with Crippen molar-refractivity contribution in [2.75, 3.05) is 26.3 Å². The lowest BCUT2D eigenvalue weighted by Gasteiger charge is -2.35. The summed E-state index contributed by atoms with van der Waals surface area (Å²) < 4.78 is 23.5. The van der Waals surface area contributed by atoms with Crippen LogP contribution in [0.2, 0.25) is 0 Å². The average Bonchev–Trinajstić information content (AvgIpc) is 3.79. The first-order valence-electron chi connectivity index (χ1n) is 22.7. The number of ether oxygens (including phenoxy) is 4. The van der Waals surface area contributed by atoms with Gasteiger partial charge in [-0.05, 0) is 144 Å². The van der Waals surface area contributed by atoms with Gasteiger partial charge in [0, 0.05) is 13.1 Å². The zero-order chi connectivity index (χ0) is 38.7. The fourth-order valence-corrected chi connectivity index (χ4v) is 11.0. The van der Waals surface area contributed by atoms with E-state index >= 15 is 0 Å². The summed E-state index contributed by atoms with van der Waals surface area (Å²) in [6, 6.07) is -1.39. The first-order valence-corrected chi connectivity index (χ1v) is 22.7. The Kier molecular flexibility index (Phi) is 15.8. The fraction of sp³-hybridized carbons (Fsp3) is 0.911. The lowest BCUT2D eigenvalue weighted by molar-refractivity contribution is -0.158. The van der Waals surface area contributed by atoms with E-state index in [9.17, 15) is 19.2 Å². The molecule has 5 unspecified atom stereocenters. The molecule has 2 bridgehead atoms. The van der Waals surface area contributed by atoms with E-state index in [2.05, 4.69) is 24.5 Å². The highest BCUT2D eigenvalue weighted by atomic mass is 16.6. The second kappa shape index (κ2) is 20.5. The predicted octanol–water partition coefficient (Wildman–Crippen LogP) is 8.12. The minimum atomic E-state index is -0.708. The van der Waals surface area contributed by atoms with Gasteiger partial charge in [0.2, 0.25) is 0 Å².